The number of nitrogens with zero attached hydrogens (tertiary/aromatic N) is 1. The Morgan fingerprint density at radius 3 is 2.71 bits per heavy atom. The summed E-state index contributed by atoms with van der Waals surface area (Å²) >= 11 is 0. The van der Waals surface area contributed by atoms with Gasteiger partial charge < -0.3 is 14.0 Å². The molecule has 1 aromatic heterocycles. The molecule has 1 aliphatic rings. The Balaban J connectivity index is 2.00. The smallest absolute Gasteiger partial charge is 0.171 e. The van der Waals surface area contributed by atoms with Crippen molar-refractivity contribution < 1.29 is 18.8 Å². The fraction of sp³-hybridized carbons (Fsp3) is 0.167. The third-order valence-corrected chi connectivity index (χ3v) is 2.48. The van der Waals surface area contributed by atoms with Crippen LogP contribution in [-0.2, 0) is 0 Å². The van der Waals surface area contributed by atoms with E-state index < -0.39 is 0 Å². The van der Waals surface area contributed by atoms with Gasteiger partial charge in [0.15, 0.2) is 23.5 Å². The summed E-state index contributed by atoms with van der Waals surface area (Å²) in [5, 5.41) is 3.61. The number of carbonyl (C=O) groups is 1. The molecule has 0 aliphatic carbocycles. The Morgan fingerprint density at radius 1 is 1.12 bits per heavy atom. The summed E-state index contributed by atoms with van der Waals surface area (Å²) in [7, 11) is 0. The first-order valence-electron chi connectivity index (χ1n) is 5.19. The summed E-state index contributed by atoms with van der Waals surface area (Å²) in [5.41, 5.74) is 1.07. The number of benzene rings is 1. The fourth-order valence-electron chi connectivity index (χ4n) is 1.68. The van der Waals surface area contributed by atoms with E-state index in [9.17, 15) is 4.79 Å². The van der Waals surface area contributed by atoms with E-state index in [4.69, 9.17) is 14.0 Å². The molecule has 0 radical (unpaired) electrons. The minimum atomic E-state index is 0.273. The zero-order valence-corrected chi connectivity index (χ0v) is 8.88. The van der Waals surface area contributed by atoms with Gasteiger partial charge in [0.05, 0.1) is 0 Å². The van der Waals surface area contributed by atoms with Crippen LogP contribution in [0.3, 0.4) is 0 Å². The summed E-state index contributed by atoms with van der Waals surface area (Å²) in [6, 6.07) is 7.04. The zero-order valence-electron chi connectivity index (χ0n) is 8.88. The van der Waals surface area contributed by atoms with Gasteiger partial charge >= 0.3 is 0 Å². The van der Waals surface area contributed by atoms with E-state index in [0.29, 0.717) is 31.0 Å². The van der Waals surface area contributed by atoms with Gasteiger partial charge in [-0.2, -0.15) is 0 Å². The van der Waals surface area contributed by atoms with Crippen molar-refractivity contribution in [2.75, 3.05) is 13.2 Å². The third-order valence-electron chi connectivity index (χ3n) is 2.48. The number of rotatable bonds is 2. The molecular formula is C12H9NO4. The number of hydrogen-bond donors (Lipinski definition) is 0. The maximum absolute atomic E-state index is 10.5. The molecule has 1 aromatic carbocycles. The molecule has 3 rings (SSSR count). The first-order valence-corrected chi connectivity index (χ1v) is 5.19. The molecule has 0 bridgehead atoms. The van der Waals surface area contributed by atoms with Crippen LogP contribution >= 0.6 is 0 Å². The maximum atomic E-state index is 10.5. The van der Waals surface area contributed by atoms with E-state index in [0.717, 1.165) is 11.3 Å². The van der Waals surface area contributed by atoms with Gasteiger partial charge in [-0.1, -0.05) is 5.16 Å². The molecule has 5 nitrogen and oxygen atoms in total. The van der Waals surface area contributed by atoms with E-state index in [2.05, 4.69) is 5.16 Å². The second-order valence-corrected chi connectivity index (χ2v) is 3.59. The molecule has 0 saturated heterocycles. The highest BCUT2D eigenvalue weighted by Crippen LogP contribution is 2.34. The topological polar surface area (TPSA) is 61.6 Å². The van der Waals surface area contributed by atoms with Crippen LogP contribution in [0.1, 0.15) is 10.5 Å². The number of carbonyl (C=O) groups excluding carboxylic acids is 1. The number of hydrogen-bond acceptors (Lipinski definition) is 5. The van der Waals surface area contributed by atoms with Crippen molar-refractivity contribution in [3.63, 3.8) is 0 Å². The SMILES string of the molecule is O=Cc1cc(-c2ccc3c(c2)OCCO3)on1. The second-order valence-electron chi connectivity index (χ2n) is 3.59. The van der Waals surface area contributed by atoms with Crippen LogP contribution < -0.4 is 9.47 Å². The van der Waals surface area contributed by atoms with Crippen LogP contribution in [0.25, 0.3) is 11.3 Å². The number of aromatic nitrogens is 1. The van der Waals surface area contributed by atoms with Crippen LogP contribution in [0.15, 0.2) is 28.8 Å². The van der Waals surface area contributed by atoms with E-state index in [1.54, 1.807) is 6.07 Å². The molecule has 5 heteroatoms. The van der Waals surface area contributed by atoms with Gasteiger partial charge in [0.25, 0.3) is 0 Å². The third kappa shape index (κ3) is 1.75. The van der Waals surface area contributed by atoms with Gasteiger partial charge in [0.1, 0.15) is 18.9 Å². The molecule has 17 heavy (non-hydrogen) atoms. The Labute approximate surface area is 96.9 Å². The van der Waals surface area contributed by atoms with Crippen molar-refractivity contribution >= 4 is 6.29 Å². The van der Waals surface area contributed by atoms with Gasteiger partial charge in [-0.25, -0.2) is 0 Å². The summed E-state index contributed by atoms with van der Waals surface area (Å²) < 4.78 is 15.9. The standard InChI is InChI=1S/C12H9NO4/c14-7-9-6-11(17-13-9)8-1-2-10-12(5-8)16-4-3-15-10/h1-2,5-7H,3-4H2. The van der Waals surface area contributed by atoms with Crippen LogP contribution in [0, 0.1) is 0 Å². The lowest BCUT2D eigenvalue weighted by Gasteiger charge is -2.18. The predicted octanol–water partition coefficient (Wildman–Crippen LogP) is 1.93. The molecule has 0 fully saturated rings. The van der Waals surface area contributed by atoms with Crippen molar-refractivity contribution in [2.45, 2.75) is 0 Å². The normalized spacial score (nSPS) is 13.4. The van der Waals surface area contributed by atoms with Gasteiger partial charge in [0, 0.05) is 11.6 Å². The van der Waals surface area contributed by atoms with E-state index >= 15 is 0 Å². The zero-order chi connectivity index (χ0) is 11.7. The molecule has 0 saturated carbocycles. The molecule has 0 unspecified atom stereocenters. The highest BCUT2D eigenvalue weighted by Gasteiger charge is 2.14. The van der Waals surface area contributed by atoms with Crippen LogP contribution in [-0.4, -0.2) is 24.7 Å². The van der Waals surface area contributed by atoms with E-state index in [1.807, 2.05) is 18.2 Å². The van der Waals surface area contributed by atoms with Crippen LogP contribution in [0.4, 0.5) is 0 Å². The fourth-order valence-corrected chi connectivity index (χ4v) is 1.68. The molecule has 2 heterocycles. The molecule has 2 aromatic rings. The first kappa shape index (κ1) is 9.89. The molecule has 0 N–H and O–H groups in total. The summed E-state index contributed by atoms with van der Waals surface area (Å²) in [6.07, 6.45) is 0.644. The lowest BCUT2D eigenvalue weighted by molar-refractivity contribution is 0.111. The van der Waals surface area contributed by atoms with Gasteiger partial charge in [-0.15, -0.1) is 0 Å². The Hall–Kier alpha value is -2.30. The highest BCUT2D eigenvalue weighted by atomic mass is 16.6. The number of ether oxygens (including phenoxy) is 2. The molecule has 0 spiro atoms. The second kappa shape index (κ2) is 3.93. The van der Waals surface area contributed by atoms with Crippen molar-refractivity contribution in [2.24, 2.45) is 0 Å². The minimum Gasteiger partial charge on any atom is -0.486 e. The van der Waals surface area contributed by atoms with E-state index in [-0.39, 0.29) is 5.69 Å². The Kier molecular flexibility index (Phi) is 2.29. The largest absolute Gasteiger partial charge is 0.486 e. The Morgan fingerprint density at radius 2 is 1.94 bits per heavy atom. The summed E-state index contributed by atoms with van der Waals surface area (Å²) in [6.45, 7) is 1.09. The summed E-state index contributed by atoms with van der Waals surface area (Å²) in [5.74, 6) is 1.93. The molecule has 0 atom stereocenters. The lowest BCUT2D eigenvalue weighted by atomic mass is 10.1. The number of aldehydes is 1. The Bertz CT molecular complexity index is 561. The maximum Gasteiger partial charge on any atom is 0.171 e. The van der Waals surface area contributed by atoms with Gasteiger partial charge in [-0.3, -0.25) is 4.79 Å². The predicted molar refractivity (Wildman–Crippen MR) is 58.3 cm³/mol. The van der Waals surface area contributed by atoms with Crippen molar-refractivity contribution in [3.8, 4) is 22.8 Å². The van der Waals surface area contributed by atoms with Crippen molar-refractivity contribution in [1.29, 1.82) is 0 Å². The minimum absolute atomic E-state index is 0.273. The van der Waals surface area contributed by atoms with Crippen molar-refractivity contribution in [3.05, 3.63) is 30.0 Å². The van der Waals surface area contributed by atoms with Crippen molar-refractivity contribution in [1.82, 2.24) is 5.16 Å². The molecular weight excluding hydrogens is 222 g/mol. The lowest BCUT2D eigenvalue weighted by Crippen LogP contribution is -2.15. The average molecular weight is 231 g/mol. The van der Waals surface area contributed by atoms with E-state index in [1.165, 1.54) is 0 Å². The van der Waals surface area contributed by atoms with Crippen LogP contribution in [0.5, 0.6) is 11.5 Å². The number of fused-ring (bicyclic) bond motifs is 1. The first-order chi connectivity index (χ1) is 8.36. The highest BCUT2D eigenvalue weighted by molar-refractivity contribution is 5.75. The summed E-state index contributed by atoms with van der Waals surface area (Å²) in [4.78, 5) is 10.5. The van der Waals surface area contributed by atoms with Gasteiger partial charge in [0.2, 0.25) is 0 Å². The molecule has 1 aliphatic heterocycles. The van der Waals surface area contributed by atoms with Crippen LogP contribution in [0.2, 0.25) is 0 Å². The quantitative estimate of drug-likeness (QED) is 0.739. The molecule has 0 amide bonds. The van der Waals surface area contributed by atoms with Gasteiger partial charge in [-0.05, 0) is 18.2 Å². The molecule has 86 valence electrons. The monoisotopic (exact) mass is 231 g/mol. The average Bonchev–Trinajstić information content (AvgIpc) is 2.87.